The van der Waals surface area contributed by atoms with Gasteiger partial charge in [0.1, 0.15) is 11.8 Å². The molecular weight excluding hydrogens is 364 g/mol. The van der Waals surface area contributed by atoms with Crippen molar-refractivity contribution in [3.63, 3.8) is 0 Å². The zero-order chi connectivity index (χ0) is 20.2. The Morgan fingerprint density at radius 3 is 2.86 bits per heavy atom. The number of aromatic nitrogens is 4. The minimum Gasteiger partial charge on any atom is -0.381 e. The number of rotatable bonds is 5. The fourth-order valence-corrected chi connectivity index (χ4v) is 2.92. The highest BCUT2D eigenvalue weighted by Gasteiger charge is 2.11. The van der Waals surface area contributed by atoms with E-state index in [0.717, 1.165) is 22.2 Å². The fourth-order valence-electron chi connectivity index (χ4n) is 2.92. The van der Waals surface area contributed by atoms with Crippen LogP contribution in [0.1, 0.15) is 11.3 Å². The van der Waals surface area contributed by atoms with Crippen molar-refractivity contribution in [2.75, 3.05) is 23.0 Å². The highest BCUT2D eigenvalue weighted by atomic mass is 15.2. The second-order valence-electron chi connectivity index (χ2n) is 6.42. The quantitative estimate of drug-likeness (QED) is 0.540. The second kappa shape index (κ2) is 7.78. The Hall–Kier alpha value is -4.25. The maximum Gasteiger partial charge on any atom is 0.171 e. The van der Waals surface area contributed by atoms with E-state index in [1.165, 1.54) is 0 Å². The van der Waals surface area contributed by atoms with Gasteiger partial charge in [-0.1, -0.05) is 12.1 Å². The summed E-state index contributed by atoms with van der Waals surface area (Å²) in [4.78, 5) is 19.0. The number of nitrogens with two attached hydrogens (primary N) is 1. The highest BCUT2D eigenvalue weighted by molar-refractivity contribution is 5.79. The monoisotopic (exact) mass is 382 g/mol. The molecule has 0 radical (unpaired) electrons. The van der Waals surface area contributed by atoms with Gasteiger partial charge in [-0.25, -0.2) is 15.0 Å². The number of nitrogens with one attached hydrogen (secondary N) is 1. The summed E-state index contributed by atoms with van der Waals surface area (Å²) in [5, 5.41) is 13.4. The number of nitrogen functional groups attached to an aromatic ring is 1. The maximum atomic E-state index is 9.05. The number of hydrogen-bond donors (Lipinski definition) is 2. The summed E-state index contributed by atoms with van der Waals surface area (Å²) in [6.45, 7) is 0.546. The molecule has 8 heteroatoms. The Bertz CT molecular complexity index is 1210. The lowest BCUT2D eigenvalue weighted by atomic mass is 10.1. The number of nitriles is 1. The first-order valence-electron chi connectivity index (χ1n) is 8.94. The van der Waals surface area contributed by atoms with Gasteiger partial charge in [-0.3, -0.25) is 4.98 Å². The number of benzene rings is 1. The molecule has 0 saturated carbocycles. The minimum absolute atomic E-state index is 0.317. The van der Waals surface area contributed by atoms with E-state index in [-0.39, 0.29) is 0 Å². The van der Waals surface area contributed by atoms with Crippen molar-refractivity contribution < 1.29 is 0 Å². The van der Waals surface area contributed by atoms with Crippen LogP contribution in [-0.2, 0) is 6.54 Å². The molecule has 0 atom stereocenters. The summed E-state index contributed by atoms with van der Waals surface area (Å²) < 4.78 is 0. The molecule has 0 bridgehead atoms. The Morgan fingerprint density at radius 2 is 2.00 bits per heavy atom. The molecule has 0 unspecified atom stereocenters. The normalized spacial score (nSPS) is 10.5. The molecule has 3 aromatic heterocycles. The third-order valence-corrected chi connectivity index (χ3v) is 4.50. The van der Waals surface area contributed by atoms with Crippen LogP contribution in [0.15, 0.2) is 61.1 Å². The van der Waals surface area contributed by atoms with Gasteiger partial charge in [-0.15, -0.1) is 0 Å². The van der Waals surface area contributed by atoms with E-state index in [1.807, 2.05) is 42.3 Å². The van der Waals surface area contributed by atoms with Crippen LogP contribution < -0.4 is 16.0 Å². The van der Waals surface area contributed by atoms with E-state index in [1.54, 1.807) is 30.7 Å². The van der Waals surface area contributed by atoms with Gasteiger partial charge in [0.15, 0.2) is 17.5 Å². The lowest BCUT2D eigenvalue weighted by Gasteiger charge is -2.19. The fraction of sp³-hybridized carbons (Fsp3) is 0.0952. The molecule has 0 aliphatic carbocycles. The van der Waals surface area contributed by atoms with Crippen molar-refractivity contribution in [2.45, 2.75) is 6.54 Å². The molecule has 3 heterocycles. The average Bonchev–Trinajstić information content (AvgIpc) is 2.78. The summed E-state index contributed by atoms with van der Waals surface area (Å²) in [7, 11) is 1.84. The van der Waals surface area contributed by atoms with Crippen LogP contribution in [0.4, 0.5) is 23.1 Å². The van der Waals surface area contributed by atoms with Crippen LogP contribution in [0.25, 0.3) is 10.9 Å². The molecule has 0 aliphatic heterocycles. The highest BCUT2D eigenvalue weighted by Crippen LogP contribution is 2.25. The molecule has 0 saturated heterocycles. The Balaban J connectivity index is 1.55. The SMILES string of the molecule is CN(c1ccnc(C#N)c1)c1cnc(N)c(NCc2ccc3ncccc3c2)n1. The van der Waals surface area contributed by atoms with E-state index in [4.69, 9.17) is 11.0 Å². The van der Waals surface area contributed by atoms with Crippen LogP contribution in [0.5, 0.6) is 0 Å². The second-order valence-corrected chi connectivity index (χ2v) is 6.42. The molecule has 0 aliphatic rings. The first-order chi connectivity index (χ1) is 14.1. The van der Waals surface area contributed by atoms with E-state index in [2.05, 4.69) is 31.3 Å². The standard InChI is InChI=1S/C21H18N8/c1-29(17-6-8-24-16(10-17)11-22)19-13-26-20(23)21(28-19)27-12-14-4-5-18-15(9-14)3-2-7-25-18/h2-10,13H,12H2,1H3,(H2,23,26)(H,27,28). The van der Waals surface area contributed by atoms with Gasteiger partial charge in [0.2, 0.25) is 0 Å². The van der Waals surface area contributed by atoms with Crippen molar-refractivity contribution in [3.05, 3.63) is 72.3 Å². The number of anilines is 4. The van der Waals surface area contributed by atoms with Crippen molar-refractivity contribution in [1.29, 1.82) is 5.26 Å². The Labute approximate surface area is 167 Å². The van der Waals surface area contributed by atoms with Gasteiger partial charge >= 0.3 is 0 Å². The van der Waals surface area contributed by atoms with Gasteiger partial charge in [0.25, 0.3) is 0 Å². The molecule has 3 N–H and O–H groups in total. The van der Waals surface area contributed by atoms with Crippen LogP contribution in [0.2, 0.25) is 0 Å². The maximum absolute atomic E-state index is 9.05. The molecule has 8 nitrogen and oxygen atoms in total. The summed E-state index contributed by atoms with van der Waals surface area (Å²) in [6, 6.07) is 15.6. The first-order valence-corrected chi connectivity index (χ1v) is 8.94. The first kappa shape index (κ1) is 18.1. The van der Waals surface area contributed by atoms with Gasteiger partial charge in [-0.05, 0) is 35.9 Å². The third-order valence-electron chi connectivity index (χ3n) is 4.50. The summed E-state index contributed by atoms with van der Waals surface area (Å²) in [6.07, 6.45) is 4.96. The largest absolute Gasteiger partial charge is 0.381 e. The van der Waals surface area contributed by atoms with Crippen molar-refractivity contribution >= 4 is 34.0 Å². The lowest BCUT2D eigenvalue weighted by molar-refractivity contribution is 1.05. The van der Waals surface area contributed by atoms with Gasteiger partial charge in [0, 0.05) is 37.1 Å². The predicted octanol–water partition coefficient (Wildman–Crippen LogP) is 3.25. The zero-order valence-corrected chi connectivity index (χ0v) is 15.7. The average molecular weight is 382 g/mol. The summed E-state index contributed by atoms with van der Waals surface area (Å²) >= 11 is 0. The Kier molecular flexibility index (Phi) is 4.86. The number of hydrogen-bond acceptors (Lipinski definition) is 8. The molecule has 0 fully saturated rings. The molecule has 29 heavy (non-hydrogen) atoms. The van der Waals surface area contributed by atoms with E-state index in [0.29, 0.717) is 29.7 Å². The number of nitrogens with zero attached hydrogens (tertiary/aromatic N) is 6. The van der Waals surface area contributed by atoms with Crippen LogP contribution in [0, 0.1) is 11.3 Å². The van der Waals surface area contributed by atoms with Gasteiger partial charge in [-0.2, -0.15) is 5.26 Å². The zero-order valence-electron chi connectivity index (χ0n) is 15.7. The molecule has 0 spiro atoms. The smallest absolute Gasteiger partial charge is 0.171 e. The molecule has 0 amide bonds. The number of fused-ring (bicyclic) bond motifs is 1. The molecule has 4 rings (SSSR count). The third kappa shape index (κ3) is 3.89. The molecule has 4 aromatic rings. The minimum atomic E-state index is 0.317. The molecule has 142 valence electrons. The predicted molar refractivity (Wildman–Crippen MR) is 113 cm³/mol. The topological polar surface area (TPSA) is 117 Å². The Morgan fingerprint density at radius 1 is 1.10 bits per heavy atom. The van der Waals surface area contributed by atoms with Crippen molar-refractivity contribution in [2.24, 2.45) is 0 Å². The van der Waals surface area contributed by atoms with Crippen LogP contribution in [0.3, 0.4) is 0 Å². The summed E-state index contributed by atoms with van der Waals surface area (Å²) in [5.74, 6) is 1.41. The molecule has 1 aromatic carbocycles. The van der Waals surface area contributed by atoms with E-state index < -0.39 is 0 Å². The van der Waals surface area contributed by atoms with Gasteiger partial charge < -0.3 is 16.0 Å². The number of pyridine rings is 2. The van der Waals surface area contributed by atoms with Crippen LogP contribution in [-0.4, -0.2) is 27.0 Å². The van der Waals surface area contributed by atoms with Gasteiger partial charge in [0.05, 0.1) is 11.7 Å². The van der Waals surface area contributed by atoms with Crippen molar-refractivity contribution in [1.82, 2.24) is 19.9 Å². The van der Waals surface area contributed by atoms with E-state index in [9.17, 15) is 0 Å². The lowest BCUT2D eigenvalue weighted by Crippen LogP contribution is -2.14. The van der Waals surface area contributed by atoms with E-state index >= 15 is 0 Å². The summed E-state index contributed by atoms with van der Waals surface area (Å²) in [5.41, 5.74) is 9.16. The van der Waals surface area contributed by atoms with Crippen LogP contribution >= 0.6 is 0 Å². The molecular formula is C21H18N8. The van der Waals surface area contributed by atoms with Crippen molar-refractivity contribution in [3.8, 4) is 6.07 Å².